The fourth-order valence-corrected chi connectivity index (χ4v) is 4.34. The first kappa shape index (κ1) is 13.8. The number of aromatic nitrogens is 1. The molecular formula is C17H22N2S. The van der Waals surface area contributed by atoms with E-state index < -0.39 is 0 Å². The first-order valence-corrected chi connectivity index (χ1v) is 8.34. The van der Waals surface area contributed by atoms with E-state index >= 15 is 0 Å². The molecule has 1 aliphatic carbocycles. The topological polar surface area (TPSA) is 38.9 Å². The van der Waals surface area contributed by atoms with Crippen LogP contribution < -0.4 is 5.73 Å². The molecule has 20 heavy (non-hydrogen) atoms. The number of aryl methyl sites for hydroxylation is 2. The fraction of sp³-hybridized carbons (Fsp3) is 0.471. The van der Waals surface area contributed by atoms with E-state index in [4.69, 9.17) is 5.73 Å². The van der Waals surface area contributed by atoms with Crippen molar-refractivity contribution in [2.45, 2.75) is 51.0 Å². The molecule has 3 rings (SSSR count). The van der Waals surface area contributed by atoms with Gasteiger partial charge >= 0.3 is 0 Å². The lowest BCUT2D eigenvalue weighted by Crippen LogP contribution is -2.16. The monoisotopic (exact) mass is 286 g/mol. The highest BCUT2D eigenvalue weighted by molar-refractivity contribution is 7.12. The maximum absolute atomic E-state index is 6.51. The molecule has 0 amide bonds. The fourth-order valence-electron chi connectivity index (χ4n) is 2.98. The summed E-state index contributed by atoms with van der Waals surface area (Å²) in [4.78, 5) is 7.01. The SMILES string of the molecule is CC(c1ccncc1)C(N)c1cc2c(s1)CCCCC2. The maximum atomic E-state index is 6.51. The summed E-state index contributed by atoms with van der Waals surface area (Å²) in [5.41, 5.74) is 9.34. The molecule has 0 spiro atoms. The molecular weight excluding hydrogens is 264 g/mol. The summed E-state index contributed by atoms with van der Waals surface area (Å²) in [6.45, 7) is 2.21. The zero-order chi connectivity index (χ0) is 13.9. The van der Waals surface area contributed by atoms with E-state index in [1.54, 1.807) is 10.4 Å². The van der Waals surface area contributed by atoms with Crippen molar-refractivity contribution in [3.05, 3.63) is 51.5 Å². The van der Waals surface area contributed by atoms with Crippen molar-refractivity contribution in [1.82, 2.24) is 4.98 Å². The van der Waals surface area contributed by atoms with E-state index in [2.05, 4.69) is 30.1 Å². The molecule has 2 nitrogen and oxygen atoms in total. The van der Waals surface area contributed by atoms with Crippen LogP contribution >= 0.6 is 11.3 Å². The molecule has 2 heterocycles. The van der Waals surface area contributed by atoms with Crippen LogP contribution in [0.3, 0.4) is 0 Å². The second kappa shape index (κ2) is 6.06. The number of fused-ring (bicyclic) bond motifs is 1. The van der Waals surface area contributed by atoms with Gasteiger partial charge in [0.2, 0.25) is 0 Å². The lowest BCUT2D eigenvalue weighted by molar-refractivity contribution is 0.606. The van der Waals surface area contributed by atoms with Crippen molar-refractivity contribution in [2.75, 3.05) is 0 Å². The van der Waals surface area contributed by atoms with Crippen molar-refractivity contribution in [2.24, 2.45) is 5.73 Å². The van der Waals surface area contributed by atoms with Gasteiger partial charge in [-0.25, -0.2) is 0 Å². The van der Waals surface area contributed by atoms with E-state index in [9.17, 15) is 0 Å². The minimum Gasteiger partial charge on any atom is -0.323 e. The Morgan fingerprint density at radius 3 is 2.70 bits per heavy atom. The molecule has 0 radical (unpaired) electrons. The number of thiophene rings is 1. The van der Waals surface area contributed by atoms with Crippen LogP contribution in [0.2, 0.25) is 0 Å². The standard InChI is InChI=1S/C17H22N2S/c1-12(13-7-9-19-10-8-13)17(18)16-11-14-5-3-2-4-6-15(14)20-16/h7-12,17H,2-6,18H2,1H3. The zero-order valence-corrected chi connectivity index (χ0v) is 12.8. The number of rotatable bonds is 3. The molecule has 1 aliphatic rings. The molecule has 0 aromatic carbocycles. The zero-order valence-electron chi connectivity index (χ0n) is 12.0. The molecule has 0 saturated carbocycles. The molecule has 0 fully saturated rings. The Morgan fingerprint density at radius 1 is 1.15 bits per heavy atom. The molecule has 2 aromatic rings. The van der Waals surface area contributed by atoms with Gasteiger partial charge in [0.15, 0.2) is 0 Å². The number of pyridine rings is 1. The number of nitrogens with zero attached hydrogens (tertiary/aromatic N) is 1. The Labute approximate surface area is 125 Å². The van der Waals surface area contributed by atoms with Gasteiger partial charge in [0.05, 0.1) is 0 Å². The summed E-state index contributed by atoms with van der Waals surface area (Å²) in [5, 5.41) is 0. The molecule has 0 saturated heterocycles. The minimum absolute atomic E-state index is 0.0920. The van der Waals surface area contributed by atoms with Crippen LogP contribution in [0, 0.1) is 0 Å². The molecule has 2 N–H and O–H groups in total. The highest BCUT2D eigenvalue weighted by Gasteiger charge is 2.21. The summed E-state index contributed by atoms with van der Waals surface area (Å²) < 4.78 is 0. The average molecular weight is 286 g/mol. The third kappa shape index (κ3) is 2.79. The maximum Gasteiger partial charge on any atom is 0.0456 e. The van der Waals surface area contributed by atoms with Crippen molar-refractivity contribution < 1.29 is 0 Å². The van der Waals surface area contributed by atoms with Gasteiger partial charge in [-0.15, -0.1) is 11.3 Å². The first-order chi connectivity index (χ1) is 9.75. The smallest absolute Gasteiger partial charge is 0.0456 e. The second-order valence-corrected chi connectivity index (χ2v) is 6.92. The number of nitrogens with two attached hydrogens (primary N) is 1. The summed E-state index contributed by atoms with van der Waals surface area (Å²) in [5.74, 6) is 0.334. The van der Waals surface area contributed by atoms with E-state index in [1.165, 1.54) is 42.5 Å². The second-order valence-electron chi connectivity index (χ2n) is 5.75. The average Bonchev–Trinajstić information content (AvgIpc) is 2.77. The van der Waals surface area contributed by atoms with Crippen LogP contribution in [-0.4, -0.2) is 4.98 Å². The van der Waals surface area contributed by atoms with Gasteiger partial charge in [0, 0.05) is 34.1 Å². The summed E-state index contributed by atoms with van der Waals surface area (Å²) >= 11 is 1.94. The van der Waals surface area contributed by atoms with Crippen molar-refractivity contribution >= 4 is 11.3 Å². The highest BCUT2D eigenvalue weighted by Crippen LogP contribution is 2.36. The van der Waals surface area contributed by atoms with Crippen LogP contribution in [0.4, 0.5) is 0 Å². The van der Waals surface area contributed by atoms with Crippen LogP contribution in [0.5, 0.6) is 0 Å². The molecule has 0 bridgehead atoms. The van der Waals surface area contributed by atoms with Gasteiger partial charge in [-0.3, -0.25) is 4.98 Å². The Kier molecular flexibility index (Phi) is 4.18. The van der Waals surface area contributed by atoms with Crippen molar-refractivity contribution in [3.63, 3.8) is 0 Å². The minimum atomic E-state index is 0.0920. The Balaban J connectivity index is 1.82. The number of hydrogen-bond acceptors (Lipinski definition) is 3. The summed E-state index contributed by atoms with van der Waals surface area (Å²) in [6.07, 6.45) is 10.2. The Bertz CT molecular complexity index is 538. The van der Waals surface area contributed by atoms with Crippen LogP contribution in [0.15, 0.2) is 30.6 Å². The molecule has 2 unspecified atom stereocenters. The van der Waals surface area contributed by atoms with Gasteiger partial charge in [0.25, 0.3) is 0 Å². The predicted molar refractivity (Wildman–Crippen MR) is 85.2 cm³/mol. The largest absolute Gasteiger partial charge is 0.323 e. The van der Waals surface area contributed by atoms with E-state index in [0.29, 0.717) is 5.92 Å². The first-order valence-electron chi connectivity index (χ1n) is 7.52. The van der Waals surface area contributed by atoms with Gasteiger partial charge in [-0.2, -0.15) is 0 Å². The summed E-state index contributed by atoms with van der Waals surface area (Å²) in [6, 6.07) is 6.61. The summed E-state index contributed by atoms with van der Waals surface area (Å²) in [7, 11) is 0. The van der Waals surface area contributed by atoms with E-state index in [1.807, 2.05) is 23.7 Å². The lowest BCUT2D eigenvalue weighted by atomic mass is 9.93. The van der Waals surface area contributed by atoms with Gasteiger partial charge in [-0.1, -0.05) is 13.3 Å². The van der Waals surface area contributed by atoms with Crippen LogP contribution in [0.1, 0.15) is 59.0 Å². The number of hydrogen-bond donors (Lipinski definition) is 1. The van der Waals surface area contributed by atoms with Gasteiger partial charge in [-0.05, 0) is 55.0 Å². The predicted octanol–water partition coefficient (Wildman–Crippen LogP) is 4.22. The molecule has 2 atom stereocenters. The quantitative estimate of drug-likeness (QED) is 0.858. The molecule has 106 valence electrons. The Hall–Kier alpha value is -1.19. The van der Waals surface area contributed by atoms with E-state index in [0.717, 1.165) is 0 Å². The lowest BCUT2D eigenvalue weighted by Gasteiger charge is -2.19. The van der Waals surface area contributed by atoms with Crippen molar-refractivity contribution in [1.29, 1.82) is 0 Å². The third-order valence-corrected chi connectivity index (χ3v) is 5.70. The molecule has 2 aromatic heterocycles. The van der Waals surface area contributed by atoms with E-state index in [-0.39, 0.29) is 6.04 Å². The molecule has 0 aliphatic heterocycles. The highest BCUT2D eigenvalue weighted by atomic mass is 32.1. The Morgan fingerprint density at radius 2 is 1.90 bits per heavy atom. The van der Waals surface area contributed by atoms with Crippen LogP contribution in [0.25, 0.3) is 0 Å². The van der Waals surface area contributed by atoms with Crippen LogP contribution in [-0.2, 0) is 12.8 Å². The molecule has 3 heteroatoms. The van der Waals surface area contributed by atoms with Gasteiger partial charge < -0.3 is 5.73 Å². The van der Waals surface area contributed by atoms with Crippen molar-refractivity contribution in [3.8, 4) is 0 Å². The third-order valence-electron chi connectivity index (χ3n) is 4.36. The normalized spacial score (nSPS) is 18.1. The van der Waals surface area contributed by atoms with Gasteiger partial charge in [0.1, 0.15) is 0 Å².